The molecule has 2 aromatic carbocycles. The minimum absolute atomic E-state index is 0.119. The topological polar surface area (TPSA) is 77.6 Å². The lowest BCUT2D eigenvalue weighted by atomic mass is 9.90. The van der Waals surface area contributed by atoms with Crippen LogP contribution in [0.25, 0.3) is 21.5 Å². The molecule has 6 nitrogen and oxygen atoms in total. The number of benzene rings is 2. The SMILES string of the molecule is OCc1c(-c2c(Cl)cccc2Cl)noc1C1CC1.c1cc(C2OCCO2)c2sc(C3CCCCC3)nc2c1. The van der Waals surface area contributed by atoms with E-state index >= 15 is 0 Å². The highest BCUT2D eigenvalue weighted by atomic mass is 35.5. The highest BCUT2D eigenvalue weighted by molar-refractivity contribution is 7.18. The van der Waals surface area contributed by atoms with Gasteiger partial charge in [-0.3, -0.25) is 0 Å². The van der Waals surface area contributed by atoms with Crippen LogP contribution in [0.1, 0.15) is 85.0 Å². The summed E-state index contributed by atoms with van der Waals surface area (Å²) < 4.78 is 17.9. The van der Waals surface area contributed by atoms with Gasteiger partial charge in [-0.1, -0.05) is 65.8 Å². The Kier molecular flexibility index (Phi) is 8.02. The third-order valence-corrected chi connectivity index (χ3v) is 9.33. The second kappa shape index (κ2) is 11.6. The zero-order chi connectivity index (χ0) is 26.1. The van der Waals surface area contributed by atoms with Crippen molar-refractivity contribution in [1.82, 2.24) is 10.1 Å². The molecular weight excluding hydrogens is 543 g/mol. The van der Waals surface area contributed by atoms with Crippen LogP contribution in [0.15, 0.2) is 40.9 Å². The normalized spacial score (nSPS) is 18.6. The van der Waals surface area contributed by atoms with E-state index in [0.29, 0.717) is 51.9 Å². The molecule has 7 rings (SSSR count). The van der Waals surface area contributed by atoms with Crippen molar-refractivity contribution in [3.8, 4) is 11.3 Å². The molecule has 4 aromatic rings. The first-order valence-electron chi connectivity index (χ1n) is 13.3. The van der Waals surface area contributed by atoms with Crippen molar-refractivity contribution >= 4 is 44.8 Å². The van der Waals surface area contributed by atoms with E-state index in [0.717, 1.165) is 29.7 Å². The largest absolute Gasteiger partial charge is 0.391 e. The maximum atomic E-state index is 9.52. The van der Waals surface area contributed by atoms with Crippen LogP contribution in [0.3, 0.4) is 0 Å². The molecular formula is C29H30Cl2N2O4S. The lowest BCUT2D eigenvalue weighted by molar-refractivity contribution is -0.0428. The first kappa shape index (κ1) is 26.2. The maximum absolute atomic E-state index is 9.52. The van der Waals surface area contributed by atoms with Gasteiger partial charge in [-0.15, -0.1) is 11.3 Å². The van der Waals surface area contributed by atoms with Crippen molar-refractivity contribution in [3.05, 3.63) is 68.3 Å². The molecule has 1 aliphatic heterocycles. The van der Waals surface area contributed by atoms with Crippen LogP contribution in [0.4, 0.5) is 0 Å². The number of aliphatic hydroxyl groups excluding tert-OH is 1. The van der Waals surface area contributed by atoms with Crippen LogP contribution in [0.5, 0.6) is 0 Å². The van der Waals surface area contributed by atoms with Crippen LogP contribution in [-0.4, -0.2) is 28.5 Å². The van der Waals surface area contributed by atoms with E-state index in [1.165, 1.54) is 41.8 Å². The summed E-state index contributed by atoms with van der Waals surface area (Å²) in [6.07, 6.45) is 8.65. The Labute approximate surface area is 235 Å². The fourth-order valence-corrected chi connectivity index (χ4v) is 7.13. The Balaban J connectivity index is 0.000000140. The number of aromatic nitrogens is 2. The standard InChI is InChI=1S/C16H19NO2S.C13H11Cl2NO2/c1-2-5-11(6-3-1)15-17-13-8-4-7-12(14(13)20-15)16-18-9-10-19-16;14-9-2-1-3-10(15)11(9)12-8(6-17)13(18-16-12)7-4-5-7/h4,7-8,11,16H,1-3,5-6,9-10H2;1-3,7,17H,4-6H2. The average molecular weight is 574 g/mol. The van der Waals surface area contributed by atoms with E-state index in [9.17, 15) is 5.11 Å². The van der Waals surface area contributed by atoms with Gasteiger partial charge in [0.25, 0.3) is 0 Å². The Hall–Kier alpha value is -2.00. The Bertz CT molecular complexity index is 1380. The zero-order valence-electron chi connectivity index (χ0n) is 21.0. The molecule has 0 radical (unpaired) electrons. The van der Waals surface area contributed by atoms with Gasteiger partial charge in [0.15, 0.2) is 6.29 Å². The third-order valence-electron chi connectivity index (χ3n) is 7.42. The Morgan fingerprint density at radius 1 is 0.895 bits per heavy atom. The molecule has 0 amide bonds. The second-order valence-electron chi connectivity index (χ2n) is 10.1. The minimum atomic E-state index is -0.196. The van der Waals surface area contributed by atoms with Crippen LogP contribution < -0.4 is 0 Å². The van der Waals surface area contributed by atoms with Crippen LogP contribution >= 0.6 is 34.5 Å². The zero-order valence-corrected chi connectivity index (χ0v) is 23.3. The molecule has 1 N–H and O–H groups in total. The van der Waals surface area contributed by atoms with Crippen molar-refractivity contribution in [2.24, 2.45) is 0 Å². The van der Waals surface area contributed by atoms with Crippen LogP contribution in [0, 0.1) is 0 Å². The summed E-state index contributed by atoms with van der Waals surface area (Å²) in [6.45, 7) is 1.26. The lowest BCUT2D eigenvalue weighted by Crippen LogP contribution is -2.03. The minimum Gasteiger partial charge on any atom is -0.391 e. The highest BCUT2D eigenvalue weighted by Crippen LogP contribution is 2.46. The molecule has 3 heterocycles. The summed E-state index contributed by atoms with van der Waals surface area (Å²) in [4.78, 5) is 4.88. The second-order valence-corrected chi connectivity index (χ2v) is 11.9. The van der Waals surface area contributed by atoms with Gasteiger partial charge in [0.05, 0.1) is 45.1 Å². The molecule has 3 fully saturated rings. The smallest absolute Gasteiger partial charge is 0.185 e. The van der Waals surface area contributed by atoms with E-state index < -0.39 is 0 Å². The Morgan fingerprint density at radius 3 is 2.29 bits per heavy atom. The van der Waals surface area contributed by atoms with Crippen LogP contribution in [-0.2, 0) is 16.1 Å². The number of hydrogen-bond acceptors (Lipinski definition) is 7. The predicted octanol–water partition coefficient (Wildman–Crippen LogP) is 8.41. The van der Waals surface area contributed by atoms with Crippen molar-refractivity contribution in [1.29, 1.82) is 0 Å². The molecule has 0 spiro atoms. The first-order valence-corrected chi connectivity index (χ1v) is 14.9. The predicted molar refractivity (Wildman–Crippen MR) is 150 cm³/mol. The van der Waals surface area contributed by atoms with Crippen molar-refractivity contribution in [2.45, 2.75) is 69.7 Å². The summed E-state index contributed by atoms with van der Waals surface area (Å²) in [5.74, 6) is 1.82. The highest BCUT2D eigenvalue weighted by Gasteiger charge is 2.33. The van der Waals surface area contributed by atoms with Crippen molar-refractivity contribution in [2.75, 3.05) is 13.2 Å². The number of rotatable bonds is 5. The van der Waals surface area contributed by atoms with Gasteiger partial charge >= 0.3 is 0 Å². The molecule has 9 heteroatoms. The number of ether oxygens (including phenoxy) is 2. The average Bonchev–Trinajstić information content (AvgIpc) is 3.32. The molecule has 1 saturated heterocycles. The van der Waals surface area contributed by atoms with Crippen LogP contribution in [0.2, 0.25) is 10.0 Å². The van der Waals surface area contributed by atoms with E-state index in [4.69, 9.17) is 42.2 Å². The summed E-state index contributed by atoms with van der Waals surface area (Å²) in [5.41, 5.74) is 4.13. The van der Waals surface area contributed by atoms with Gasteiger partial charge in [-0.25, -0.2) is 4.98 Å². The third kappa shape index (κ3) is 5.37. The summed E-state index contributed by atoms with van der Waals surface area (Å²) in [5, 5.41) is 15.9. The first-order chi connectivity index (χ1) is 18.6. The molecule has 2 aliphatic carbocycles. The van der Waals surface area contributed by atoms with E-state index in [1.54, 1.807) is 18.2 Å². The van der Waals surface area contributed by atoms with Crippen molar-refractivity contribution < 1.29 is 19.1 Å². The fraction of sp³-hybridized carbons (Fsp3) is 0.448. The lowest BCUT2D eigenvalue weighted by Gasteiger charge is -2.18. The number of hydrogen-bond donors (Lipinski definition) is 1. The van der Waals surface area contributed by atoms with Gasteiger partial charge in [0.1, 0.15) is 11.5 Å². The monoisotopic (exact) mass is 572 g/mol. The maximum Gasteiger partial charge on any atom is 0.185 e. The fourth-order valence-electron chi connectivity index (χ4n) is 5.30. The van der Waals surface area contributed by atoms with E-state index in [1.807, 2.05) is 11.3 Å². The van der Waals surface area contributed by atoms with Crippen molar-refractivity contribution in [3.63, 3.8) is 0 Å². The van der Waals surface area contributed by atoms with E-state index in [2.05, 4.69) is 23.4 Å². The number of aliphatic hydroxyl groups is 1. The van der Waals surface area contributed by atoms with Gasteiger partial charge in [0, 0.05) is 28.5 Å². The van der Waals surface area contributed by atoms with Gasteiger partial charge in [0.2, 0.25) is 0 Å². The molecule has 0 atom stereocenters. The van der Waals surface area contributed by atoms with E-state index in [-0.39, 0.29) is 12.9 Å². The number of nitrogens with zero attached hydrogens (tertiary/aromatic N) is 2. The molecule has 2 saturated carbocycles. The van der Waals surface area contributed by atoms with Gasteiger partial charge < -0.3 is 19.1 Å². The molecule has 2 aromatic heterocycles. The number of fused-ring (bicyclic) bond motifs is 1. The van der Waals surface area contributed by atoms with Gasteiger partial charge in [-0.05, 0) is 43.9 Å². The summed E-state index contributed by atoms with van der Waals surface area (Å²) >= 11 is 14.1. The Morgan fingerprint density at radius 2 is 1.61 bits per heavy atom. The number of halogens is 2. The quantitative estimate of drug-likeness (QED) is 0.258. The molecule has 3 aliphatic rings. The summed E-state index contributed by atoms with van der Waals surface area (Å²) in [6, 6.07) is 11.5. The number of thiazole rings is 1. The summed E-state index contributed by atoms with van der Waals surface area (Å²) in [7, 11) is 0. The molecule has 200 valence electrons. The molecule has 0 unspecified atom stereocenters. The van der Waals surface area contributed by atoms with Gasteiger partial charge in [-0.2, -0.15) is 0 Å². The molecule has 38 heavy (non-hydrogen) atoms. The molecule has 0 bridgehead atoms.